The van der Waals surface area contributed by atoms with E-state index in [2.05, 4.69) is 4.99 Å². The molecule has 0 spiro atoms. The lowest BCUT2D eigenvalue weighted by molar-refractivity contribution is -0.129. The summed E-state index contributed by atoms with van der Waals surface area (Å²) in [5, 5.41) is 3.88. The Morgan fingerprint density at radius 2 is 2.00 bits per heavy atom. The molecule has 0 radical (unpaired) electrons. The van der Waals surface area contributed by atoms with Crippen molar-refractivity contribution in [3.8, 4) is 0 Å². The van der Waals surface area contributed by atoms with Crippen LogP contribution in [-0.4, -0.2) is 11.9 Å². The van der Waals surface area contributed by atoms with Crippen LogP contribution in [0, 0.1) is 0 Å². The van der Waals surface area contributed by atoms with E-state index in [4.69, 9.17) is 4.74 Å². The minimum absolute atomic E-state index is 0.357. The summed E-state index contributed by atoms with van der Waals surface area (Å²) >= 11 is 3.06. The first-order valence-corrected chi connectivity index (χ1v) is 6.69. The SMILES string of the molecule is O=C1OC(c2cccs2)=N/C1=C\c1cccs1. The maximum Gasteiger partial charge on any atom is 0.363 e. The molecule has 2 aromatic rings. The highest BCUT2D eigenvalue weighted by molar-refractivity contribution is 7.12. The van der Waals surface area contributed by atoms with Crippen LogP contribution in [0.5, 0.6) is 0 Å². The molecule has 3 nitrogen and oxygen atoms in total. The molecule has 0 unspecified atom stereocenters. The quantitative estimate of drug-likeness (QED) is 0.615. The van der Waals surface area contributed by atoms with E-state index in [1.165, 1.54) is 11.3 Å². The molecule has 84 valence electrons. The third-order valence-electron chi connectivity index (χ3n) is 2.17. The van der Waals surface area contributed by atoms with E-state index >= 15 is 0 Å². The molecule has 0 saturated heterocycles. The topological polar surface area (TPSA) is 38.7 Å². The fourth-order valence-electron chi connectivity index (χ4n) is 1.42. The monoisotopic (exact) mass is 261 g/mol. The summed E-state index contributed by atoms with van der Waals surface area (Å²) in [6, 6.07) is 7.65. The number of aliphatic imine (C=N–C) groups is 1. The first-order valence-electron chi connectivity index (χ1n) is 4.93. The summed E-state index contributed by atoms with van der Waals surface area (Å²) in [6.45, 7) is 0. The highest BCUT2D eigenvalue weighted by atomic mass is 32.1. The van der Waals surface area contributed by atoms with Crippen LogP contribution in [0.25, 0.3) is 6.08 Å². The van der Waals surface area contributed by atoms with Gasteiger partial charge in [0.15, 0.2) is 5.70 Å². The Balaban J connectivity index is 1.95. The molecule has 0 N–H and O–H groups in total. The molecule has 1 aliphatic rings. The number of nitrogens with zero attached hydrogens (tertiary/aromatic N) is 1. The van der Waals surface area contributed by atoms with Crippen LogP contribution < -0.4 is 0 Å². The van der Waals surface area contributed by atoms with Crippen molar-refractivity contribution in [3.05, 3.63) is 50.5 Å². The van der Waals surface area contributed by atoms with Gasteiger partial charge in [0.05, 0.1) is 4.88 Å². The molecule has 3 rings (SSSR count). The molecule has 5 heteroatoms. The Kier molecular flexibility index (Phi) is 2.62. The predicted octanol–water partition coefficient (Wildman–Crippen LogP) is 3.15. The lowest BCUT2D eigenvalue weighted by Gasteiger charge is -1.92. The lowest BCUT2D eigenvalue weighted by atomic mass is 10.3. The Morgan fingerprint density at radius 1 is 1.18 bits per heavy atom. The Labute approximate surface area is 106 Å². The number of hydrogen-bond donors (Lipinski definition) is 0. The molecule has 0 fully saturated rings. The van der Waals surface area contributed by atoms with E-state index in [1.807, 2.05) is 35.0 Å². The van der Waals surface area contributed by atoms with Gasteiger partial charge in [-0.1, -0.05) is 12.1 Å². The summed E-state index contributed by atoms with van der Waals surface area (Å²) < 4.78 is 5.12. The van der Waals surface area contributed by atoms with Gasteiger partial charge in [-0.2, -0.15) is 0 Å². The van der Waals surface area contributed by atoms with Crippen LogP contribution >= 0.6 is 22.7 Å². The smallest absolute Gasteiger partial charge is 0.363 e. The molecule has 0 aliphatic carbocycles. The third-order valence-corrected chi connectivity index (χ3v) is 3.85. The number of carbonyl (C=O) groups is 1. The fourth-order valence-corrected chi connectivity index (χ4v) is 2.72. The number of rotatable bonds is 2. The Morgan fingerprint density at radius 3 is 2.71 bits per heavy atom. The van der Waals surface area contributed by atoms with Crippen molar-refractivity contribution in [2.45, 2.75) is 0 Å². The molecule has 0 atom stereocenters. The van der Waals surface area contributed by atoms with Crippen molar-refractivity contribution in [3.63, 3.8) is 0 Å². The highest BCUT2D eigenvalue weighted by Gasteiger charge is 2.24. The van der Waals surface area contributed by atoms with Crippen molar-refractivity contribution in [1.82, 2.24) is 0 Å². The van der Waals surface area contributed by atoms with E-state index in [0.717, 1.165) is 9.75 Å². The molecule has 1 aliphatic heterocycles. The second-order valence-electron chi connectivity index (χ2n) is 3.33. The van der Waals surface area contributed by atoms with Gasteiger partial charge >= 0.3 is 5.97 Å². The largest absolute Gasteiger partial charge is 0.401 e. The van der Waals surface area contributed by atoms with Crippen molar-refractivity contribution >= 4 is 40.6 Å². The van der Waals surface area contributed by atoms with Gasteiger partial charge < -0.3 is 4.74 Å². The van der Waals surface area contributed by atoms with E-state index in [9.17, 15) is 4.79 Å². The highest BCUT2D eigenvalue weighted by Crippen LogP contribution is 2.22. The van der Waals surface area contributed by atoms with E-state index < -0.39 is 0 Å². The summed E-state index contributed by atoms with van der Waals surface area (Å²) in [7, 11) is 0. The zero-order valence-corrected chi connectivity index (χ0v) is 10.3. The lowest BCUT2D eigenvalue weighted by Crippen LogP contribution is -2.03. The van der Waals surface area contributed by atoms with Crippen LogP contribution in [0.15, 0.2) is 45.7 Å². The Hall–Kier alpha value is -1.72. The zero-order chi connectivity index (χ0) is 11.7. The maximum absolute atomic E-state index is 11.6. The van der Waals surface area contributed by atoms with Crippen LogP contribution in [0.2, 0.25) is 0 Å². The molecule has 17 heavy (non-hydrogen) atoms. The van der Waals surface area contributed by atoms with Crippen LogP contribution in [-0.2, 0) is 9.53 Å². The van der Waals surface area contributed by atoms with Gasteiger partial charge in [-0.3, -0.25) is 0 Å². The molecular weight excluding hydrogens is 254 g/mol. The summed E-state index contributed by atoms with van der Waals surface area (Å²) in [5.41, 5.74) is 0.357. The second-order valence-corrected chi connectivity index (χ2v) is 5.26. The van der Waals surface area contributed by atoms with E-state index in [1.54, 1.807) is 17.4 Å². The second kappa shape index (κ2) is 4.27. The van der Waals surface area contributed by atoms with Gasteiger partial charge in [0, 0.05) is 4.88 Å². The Bertz CT molecular complexity index is 595. The van der Waals surface area contributed by atoms with Crippen molar-refractivity contribution in [2.75, 3.05) is 0 Å². The van der Waals surface area contributed by atoms with Gasteiger partial charge in [-0.25, -0.2) is 9.79 Å². The van der Waals surface area contributed by atoms with Gasteiger partial charge in [0.1, 0.15) is 0 Å². The molecular formula is C12H7NO2S2. The molecule has 3 heterocycles. The van der Waals surface area contributed by atoms with Crippen molar-refractivity contribution in [1.29, 1.82) is 0 Å². The van der Waals surface area contributed by atoms with Crippen molar-refractivity contribution < 1.29 is 9.53 Å². The normalized spacial score (nSPS) is 17.3. The van der Waals surface area contributed by atoms with Crippen LogP contribution in [0.4, 0.5) is 0 Å². The number of ether oxygens (including phenoxy) is 1. The summed E-state index contributed by atoms with van der Waals surface area (Å²) in [5.74, 6) is 0.00889. The van der Waals surface area contributed by atoms with Gasteiger partial charge in [-0.15, -0.1) is 22.7 Å². The minimum Gasteiger partial charge on any atom is -0.401 e. The third kappa shape index (κ3) is 2.07. The van der Waals surface area contributed by atoms with Gasteiger partial charge in [-0.05, 0) is 29.0 Å². The minimum atomic E-state index is -0.387. The average molecular weight is 261 g/mol. The van der Waals surface area contributed by atoms with Crippen LogP contribution in [0.1, 0.15) is 9.75 Å². The molecule has 0 aromatic carbocycles. The fraction of sp³-hybridized carbons (Fsp3) is 0. The summed E-state index contributed by atoms with van der Waals surface area (Å²) in [6.07, 6.45) is 1.74. The van der Waals surface area contributed by atoms with Crippen LogP contribution in [0.3, 0.4) is 0 Å². The van der Waals surface area contributed by atoms with E-state index in [0.29, 0.717) is 11.6 Å². The predicted molar refractivity (Wildman–Crippen MR) is 69.2 cm³/mol. The van der Waals surface area contributed by atoms with Gasteiger partial charge in [0.25, 0.3) is 0 Å². The first-order chi connectivity index (χ1) is 8.33. The average Bonchev–Trinajstić information content (AvgIpc) is 3.02. The van der Waals surface area contributed by atoms with E-state index in [-0.39, 0.29) is 5.97 Å². The number of carbonyl (C=O) groups excluding carboxylic acids is 1. The van der Waals surface area contributed by atoms with Crippen molar-refractivity contribution in [2.24, 2.45) is 4.99 Å². The molecule has 0 bridgehead atoms. The molecule has 2 aromatic heterocycles. The first kappa shape index (κ1) is 10.4. The zero-order valence-electron chi connectivity index (χ0n) is 8.62. The van der Waals surface area contributed by atoms with Gasteiger partial charge in [0.2, 0.25) is 5.90 Å². The number of thiophene rings is 2. The summed E-state index contributed by atoms with van der Waals surface area (Å²) in [4.78, 5) is 17.7. The number of esters is 1. The number of cyclic esters (lactones) is 1. The molecule has 0 amide bonds. The maximum atomic E-state index is 11.6. The molecule has 0 saturated carbocycles. The standard InChI is InChI=1S/C12H7NO2S2/c14-12-9(7-8-3-1-5-16-8)13-11(15-12)10-4-2-6-17-10/h1-7H/b9-7-. The number of hydrogen-bond acceptors (Lipinski definition) is 5.